The van der Waals surface area contributed by atoms with E-state index in [2.05, 4.69) is 206 Å². The molecule has 12 aromatic rings. The zero-order valence-corrected chi connectivity index (χ0v) is 32.8. The predicted octanol–water partition coefficient (Wildman–Crippen LogP) is 15.5. The molecule has 0 nitrogen and oxygen atoms in total. The van der Waals surface area contributed by atoms with Gasteiger partial charge in [0.25, 0.3) is 0 Å². The molecule has 1 heterocycles. The second kappa shape index (κ2) is 12.9. The SMILES string of the molecule is c1ccc(-c2c3ccccc3c(-c3ccc4c(c3)[se]c3cccc(-c5c6ccccc6c(-c6ccc7ccccc7c6)c6ccccc56)c34)c3ccccc23)cc1. The van der Waals surface area contributed by atoms with Gasteiger partial charge in [-0.1, -0.05) is 6.07 Å². The molecular weight excluding hydrogens is 752 g/mol. The summed E-state index contributed by atoms with van der Waals surface area (Å²) in [5, 5.41) is 15.6. The molecule has 0 radical (unpaired) electrons. The van der Waals surface area contributed by atoms with E-state index in [0.717, 1.165) is 0 Å². The fourth-order valence-corrected chi connectivity index (χ4v) is 12.1. The van der Waals surface area contributed by atoms with Crippen molar-refractivity contribution in [2.45, 2.75) is 0 Å². The van der Waals surface area contributed by atoms with Crippen molar-refractivity contribution >= 4 is 87.7 Å². The van der Waals surface area contributed by atoms with Gasteiger partial charge in [-0.15, -0.1) is 0 Å². The molecule has 0 saturated carbocycles. The summed E-state index contributed by atoms with van der Waals surface area (Å²) in [6.07, 6.45) is 0. The molecular formula is C56H34Se. The van der Waals surface area contributed by atoms with Gasteiger partial charge in [0.2, 0.25) is 0 Å². The van der Waals surface area contributed by atoms with Crippen molar-refractivity contribution in [2.75, 3.05) is 0 Å². The van der Waals surface area contributed by atoms with Crippen LogP contribution >= 0.6 is 0 Å². The molecule has 0 saturated heterocycles. The van der Waals surface area contributed by atoms with E-state index >= 15 is 0 Å². The van der Waals surface area contributed by atoms with Crippen LogP contribution in [-0.4, -0.2) is 14.5 Å². The summed E-state index contributed by atoms with van der Waals surface area (Å²) in [4.78, 5) is 0. The van der Waals surface area contributed by atoms with Gasteiger partial charge < -0.3 is 0 Å². The Hall–Kier alpha value is -6.76. The Morgan fingerprint density at radius 3 is 1.28 bits per heavy atom. The summed E-state index contributed by atoms with van der Waals surface area (Å²) >= 11 is 0.170. The van der Waals surface area contributed by atoms with Crippen LogP contribution in [0.1, 0.15) is 0 Å². The molecule has 0 aliphatic rings. The van der Waals surface area contributed by atoms with Crippen LogP contribution in [0, 0.1) is 0 Å². The van der Waals surface area contributed by atoms with E-state index in [9.17, 15) is 0 Å². The van der Waals surface area contributed by atoms with Gasteiger partial charge in [0.05, 0.1) is 0 Å². The van der Waals surface area contributed by atoms with Crippen LogP contribution in [0.15, 0.2) is 206 Å². The molecule has 0 atom stereocenters. The number of benzene rings is 11. The molecule has 0 spiro atoms. The molecule has 0 aliphatic carbocycles. The van der Waals surface area contributed by atoms with Crippen molar-refractivity contribution in [3.63, 3.8) is 0 Å². The van der Waals surface area contributed by atoms with Gasteiger partial charge in [-0.3, -0.25) is 0 Å². The van der Waals surface area contributed by atoms with Gasteiger partial charge in [0.1, 0.15) is 0 Å². The van der Waals surface area contributed by atoms with Gasteiger partial charge >= 0.3 is 332 Å². The van der Waals surface area contributed by atoms with Crippen LogP contribution in [0.4, 0.5) is 0 Å². The van der Waals surface area contributed by atoms with E-state index in [0.29, 0.717) is 0 Å². The Kier molecular flexibility index (Phi) is 7.35. The van der Waals surface area contributed by atoms with Gasteiger partial charge in [-0.25, -0.2) is 0 Å². The van der Waals surface area contributed by atoms with Crippen molar-refractivity contribution < 1.29 is 0 Å². The first-order chi connectivity index (χ1) is 28.3. The van der Waals surface area contributed by atoms with Gasteiger partial charge in [-0.2, -0.15) is 0 Å². The first-order valence-electron chi connectivity index (χ1n) is 19.7. The topological polar surface area (TPSA) is 0 Å². The molecule has 0 unspecified atom stereocenters. The van der Waals surface area contributed by atoms with E-state index < -0.39 is 0 Å². The Balaban J connectivity index is 1.11. The van der Waals surface area contributed by atoms with Crippen molar-refractivity contribution in [3.8, 4) is 44.5 Å². The monoisotopic (exact) mass is 786 g/mol. The van der Waals surface area contributed by atoms with Crippen LogP contribution in [0.25, 0.3) is 118 Å². The fraction of sp³-hybridized carbons (Fsp3) is 0. The molecule has 0 bridgehead atoms. The van der Waals surface area contributed by atoms with E-state index in [1.54, 1.807) is 0 Å². The first kappa shape index (κ1) is 32.5. The molecule has 57 heavy (non-hydrogen) atoms. The Labute approximate surface area is 336 Å². The summed E-state index contributed by atoms with van der Waals surface area (Å²) in [6.45, 7) is 0. The maximum atomic E-state index is 2.51. The number of rotatable bonds is 4. The maximum absolute atomic E-state index is 2.51. The summed E-state index contributed by atoms with van der Waals surface area (Å²) in [7, 11) is 0. The quantitative estimate of drug-likeness (QED) is 0.123. The average Bonchev–Trinajstić information content (AvgIpc) is 3.66. The minimum atomic E-state index is 0.170. The molecule has 0 amide bonds. The van der Waals surface area contributed by atoms with Crippen molar-refractivity contribution in [1.29, 1.82) is 0 Å². The van der Waals surface area contributed by atoms with Crippen molar-refractivity contribution in [2.24, 2.45) is 0 Å². The van der Waals surface area contributed by atoms with E-state index in [-0.39, 0.29) is 14.5 Å². The molecule has 0 fully saturated rings. The van der Waals surface area contributed by atoms with Crippen LogP contribution in [0.3, 0.4) is 0 Å². The van der Waals surface area contributed by atoms with E-state index in [1.807, 2.05) is 0 Å². The molecule has 0 aliphatic heterocycles. The average molecular weight is 786 g/mol. The third-order valence-electron chi connectivity index (χ3n) is 12.0. The molecule has 1 aromatic heterocycles. The van der Waals surface area contributed by atoms with Crippen LogP contribution < -0.4 is 0 Å². The number of fused-ring (bicyclic) bond motifs is 8. The van der Waals surface area contributed by atoms with E-state index in [1.165, 1.54) is 118 Å². The molecule has 0 N–H and O–H groups in total. The van der Waals surface area contributed by atoms with Gasteiger partial charge in [-0.05, 0) is 0 Å². The van der Waals surface area contributed by atoms with Crippen molar-refractivity contribution in [1.82, 2.24) is 0 Å². The minimum absolute atomic E-state index is 0.170. The summed E-state index contributed by atoms with van der Waals surface area (Å²) in [6, 6.07) is 76.9. The van der Waals surface area contributed by atoms with Gasteiger partial charge in [0, 0.05) is 0 Å². The number of hydrogen-bond acceptors (Lipinski definition) is 0. The van der Waals surface area contributed by atoms with Crippen molar-refractivity contribution in [3.05, 3.63) is 206 Å². The number of hydrogen-bond donors (Lipinski definition) is 0. The normalized spacial score (nSPS) is 11.9. The third-order valence-corrected chi connectivity index (χ3v) is 14.4. The van der Waals surface area contributed by atoms with Gasteiger partial charge in [0.15, 0.2) is 0 Å². The third kappa shape index (κ3) is 5.00. The Bertz CT molecular complexity index is 3460. The van der Waals surface area contributed by atoms with Crippen LogP contribution in [0.5, 0.6) is 0 Å². The standard InChI is InChI=1S/C56H34Se/c1-2-16-36(17-3-1)52-40-19-6-8-21-42(40)54(43-22-9-7-20-41(43)52)39-31-32-48-51(34-39)57-50-28-14-27-49(56(48)50)55-46-25-12-10-23-44(46)53(45-24-11-13-26-47(45)55)38-30-29-35-15-4-5-18-37(35)33-38/h1-34H. The molecule has 12 rings (SSSR count). The molecule has 264 valence electrons. The predicted molar refractivity (Wildman–Crippen MR) is 248 cm³/mol. The van der Waals surface area contributed by atoms with E-state index in [4.69, 9.17) is 0 Å². The molecule has 11 aromatic carbocycles. The fourth-order valence-electron chi connectivity index (χ4n) is 9.62. The summed E-state index contributed by atoms with van der Waals surface area (Å²) in [5.74, 6) is 0. The molecule has 1 heteroatoms. The first-order valence-corrected chi connectivity index (χ1v) is 21.4. The summed E-state index contributed by atoms with van der Waals surface area (Å²) < 4.78 is 2.90. The Morgan fingerprint density at radius 1 is 0.246 bits per heavy atom. The van der Waals surface area contributed by atoms with Crippen LogP contribution in [0.2, 0.25) is 0 Å². The van der Waals surface area contributed by atoms with Crippen LogP contribution in [-0.2, 0) is 0 Å². The second-order valence-corrected chi connectivity index (χ2v) is 17.4. The Morgan fingerprint density at radius 2 is 0.702 bits per heavy atom. The zero-order valence-electron chi connectivity index (χ0n) is 31.0. The second-order valence-electron chi connectivity index (χ2n) is 15.1. The zero-order chi connectivity index (χ0) is 37.5. The summed E-state index contributed by atoms with van der Waals surface area (Å²) in [5.41, 5.74) is 10.4.